The second-order valence-electron chi connectivity index (χ2n) is 3.29. The van der Waals surface area contributed by atoms with E-state index >= 15 is 0 Å². The molecule has 4 N–H and O–H groups in total. The minimum Gasteiger partial charge on any atom is -0.507 e. The Morgan fingerprint density at radius 1 is 1.42 bits per heavy atom. The minimum atomic E-state index is -4.75. The van der Waals surface area contributed by atoms with E-state index in [2.05, 4.69) is 10.3 Å². The van der Waals surface area contributed by atoms with Crippen molar-refractivity contribution in [3.8, 4) is 5.75 Å². The number of aliphatic imine (C=N–C) groups is 1. The third-order valence-electron chi connectivity index (χ3n) is 2.05. The molecule has 0 radical (unpaired) electrons. The number of hydrogen-bond acceptors (Lipinski definition) is 3. The monoisotopic (exact) mass is 297 g/mol. The Kier molecular flexibility index (Phi) is 5.63. The van der Waals surface area contributed by atoms with Crippen LogP contribution >= 0.6 is 12.4 Å². The maximum Gasteiger partial charge on any atom is 0.419 e. The smallest absolute Gasteiger partial charge is 0.419 e. The molecule has 106 valence electrons. The normalized spacial score (nSPS) is 11.7. The quantitative estimate of drug-likeness (QED) is 0.542. The van der Waals surface area contributed by atoms with Crippen LogP contribution in [-0.4, -0.2) is 24.0 Å². The van der Waals surface area contributed by atoms with Gasteiger partial charge in [-0.1, -0.05) is 0 Å². The second kappa shape index (κ2) is 6.28. The molecule has 1 amide bonds. The third-order valence-corrected chi connectivity index (χ3v) is 2.05. The molecule has 0 atom stereocenters. The number of amides is 1. The van der Waals surface area contributed by atoms with Gasteiger partial charge in [0.05, 0.1) is 5.56 Å². The average Bonchev–Trinajstić information content (AvgIpc) is 2.27. The van der Waals surface area contributed by atoms with E-state index in [0.717, 1.165) is 12.1 Å². The molecule has 0 saturated carbocycles. The molecule has 0 bridgehead atoms. The molecule has 1 rings (SSSR count). The number of hydrogen-bond donors (Lipinski definition) is 3. The zero-order chi connectivity index (χ0) is 13.9. The van der Waals surface area contributed by atoms with Gasteiger partial charge in [-0.3, -0.25) is 15.1 Å². The Bertz CT molecular complexity index is 503. The lowest BCUT2D eigenvalue weighted by Crippen LogP contribution is -2.36. The minimum absolute atomic E-state index is 0. The Labute approximate surface area is 112 Å². The molecule has 0 aliphatic heterocycles. The summed E-state index contributed by atoms with van der Waals surface area (Å²) in [5.74, 6) is -2.01. The lowest BCUT2D eigenvalue weighted by Gasteiger charge is -2.10. The van der Waals surface area contributed by atoms with Crippen molar-refractivity contribution in [1.29, 1.82) is 0 Å². The number of halogens is 4. The first kappa shape index (κ1) is 17.0. The van der Waals surface area contributed by atoms with Crippen molar-refractivity contribution in [2.24, 2.45) is 10.7 Å². The van der Waals surface area contributed by atoms with Gasteiger partial charge in [-0.25, -0.2) is 0 Å². The van der Waals surface area contributed by atoms with Crippen molar-refractivity contribution in [2.75, 3.05) is 7.05 Å². The van der Waals surface area contributed by atoms with Gasteiger partial charge >= 0.3 is 6.18 Å². The first-order valence-corrected chi connectivity index (χ1v) is 4.69. The van der Waals surface area contributed by atoms with E-state index in [1.54, 1.807) is 0 Å². The van der Waals surface area contributed by atoms with Gasteiger partial charge in [0.2, 0.25) is 0 Å². The van der Waals surface area contributed by atoms with Gasteiger partial charge in [0.15, 0.2) is 5.96 Å². The fourth-order valence-corrected chi connectivity index (χ4v) is 1.15. The summed E-state index contributed by atoms with van der Waals surface area (Å²) in [5, 5.41) is 11.2. The predicted molar refractivity (Wildman–Crippen MR) is 65.4 cm³/mol. The van der Waals surface area contributed by atoms with Crippen LogP contribution in [0.2, 0.25) is 0 Å². The average molecular weight is 298 g/mol. The van der Waals surface area contributed by atoms with Crippen LogP contribution in [0, 0.1) is 0 Å². The summed E-state index contributed by atoms with van der Waals surface area (Å²) >= 11 is 0. The van der Waals surface area contributed by atoms with Crippen LogP contribution in [0.25, 0.3) is 0 Å². The molecule has 0 unspecified atom stereocenters. The van der Waals surface area contributed by atoms with E-state index in [9.17, 15) is 18.0 Å². The topological polar surface area (TPSA) is 87.7 Å². The van der Waals surface area contributed by atoms with Gasteiger partial charge < -0.3 is 10.8 Å². The van der Waals surface area contributed by atoms with Crippen molar-refractivity contribution in [3.63, 3.8) is 0 Å². The summed E-state index contributed by atoms with van der Waals surface area (Å²) < 4.78 is 37.4. The molecule has 0 aromatic heterocycles. The molecular formula is C10H11ClF3N3O2. The van der Waals surface area contributed by atoms with Crippen molar-refractivity contribution in [2.45, 2.75) is 6.18 Å². The molecule has 0 spiro atoms. The molecule has 0 saturated heterocycles. The summed E-state index contributed by atoms with van der Waals surface area (Å²) in [7, 11) is 1.31. The highest BCUT2D eigenvalue weighted by molar-refractivity contribution is 6.05. The van der Waals surface area contributed by atoms with Crippen LogP contribution in [0.15, 0.2) is 23.2 Å². The molecule has 0 fully saturated rings. The van der Waals surface area contributed by atoms with Crippen molar-refractivity contribution in [1.82, 2.24) is 5.32 Å². The number of alkyl halides is 3. The lowest BCUT2D eigenvalue weighted by atomic mass is 10.1. The molecule has 0 aliphatic carbocycles. The van der Waals surface area contributed by atoms with Gasteiger partial charge in [0.25, 0.3) is 5.91 Å². The Balaban J connectivity index is 0.00000324. The highest BCUT2D eigenvalue weighted by Gasteiger charge is 2.34. The summed E-state index contributed by atoms with van der Waals surface area (Å²) in [6, 6.07) is 2.37. The number of rotatable bonds is 1. The lowest BCUT2D eigenvalue weighted by molar-refractivity contribution is -0.138. The standard InChI is InChI=1S/C10H10F3N3O2.ClH/c1-15-9(14)16-8(18)5-2-3-7(17)6(4-5)10(11,12)13;/h2-4,17H,1H3,(H3,14,15,16,18);1H. The van der Waals surface area contributed by atoms with Crippen LogP contribution in [0.4, 0.5) is 13.2 Å². The molecular weight excluding hydrogens is 287 g/mol. The summed E-state index contributed by atoms with van der Waals surface area (Å²) in [6.07, 6.45) is -4.75. The van der Waals surface area contributed by atoms with Crippen molar-refractivity contribution in [3.05, 3.63) is 29.3 Å². The molecule has 0 aliphatic rings. The number of nitrogens with one attached hydrogen (secondary N) is 1. The Morgan fingerprint density at radius 3 is 2.47 bits per heavy atom. The number of benzene rings is 1. The summed E-state index contributed by atoms with van der Waals surface area (Å²) in [6.45, 7) is 0. The first-order chi connectivity index (χ1) is 8.25. The van der Waals surface area contributed by atoms with Gasteiger partial charge in [-0.2, -0.15) is 13.2 Å². The third kappa shape index (κ3) is 4.32. The number of guanidine groups is 1. The van der Waals surface area contributed by atoms with Crippen molar-refractivity contribution >= 4 is 24.3 Å². The number of phenols is 1. The number of nitrogens with zero attached hydrogens (tertiary/aromatic N) is 1. The number of nitrogens with two attached hydrogens (primary N) is 1. The molecule has 1 aromatic rings. The molecule has 9 heteroatoms. The molecule has 0 heterocycles. The van der Waals surface area contributed by atoms with E-state index in [4.69, 9.17) is 10.8 Å². The van der Waals surface area contributed by atoms with E-state index in [1.807, 2.05) is 0 Å². The summed E-state index contributed by atoms with van der Waals surface area (Å²) in [5.41, 5.74) is 3.64. The highest BCUT2D eigenvalue weighted by Crippen LogP contribution is 2.35. The number of aromatic hydroxyl groups is 1. The van der Waals surface area contributed by atoms with E-state index in [1.165, 1.54) is 7.05 Å². The summed E-state index contributed by atoms with van der Waals surface area (Å²) in [4.78, 5) is 14.9. The van der Waals surface area contributed by atoms with Crippen LogP contribution in [0.5, 0.6) is 5.75 Å². The van der Waals surface area contributed by atoms with E-state index in [0.29, 0.717) is 6.07 Å². The predicted octanol–water partition coefficient (Wildman–Crippen LogP) is 1.51. The maximum absolute atomic E-state index is 12.5. The largest absolute Gasteiger partial charge is 0.507 e. The van der Waals surface area contributed by atoms with Crippen LogP contribution in [0.3, 0.4) is 0 Å². The number of carbonyl (C=O) groups excluding carboxylic acids is 1. The van der Waals surface area contributed by atoms with Gasteiger partial charge in [0.1, 0.15) is 5.75 Å². The van der Waals surface area contributed by atoms with Gasteiger partial charge in [-0.05, 0) is 18.2 Å². The molecule has 1 aromatic carbocycles. The fraction of sp³-hybridized carbons (Fsp3) is 0.200. The second-order valence-corrected chi connectivity index (χ2v) is 3.29. The Hall–Kier alpha value is -1.96. The van der Waals surface area contributed by atoms with Gasteiger partial charge in [-0.15, -0.1) is 12.4 Å². The highest BCUT2D eigenvalue weighted by atomic mass is 35.5. The number of phenolic OH excluding ortho intramolecular Hbond substituents is 1. The van der Waals surface area contributed by atoms with E-state index in [-0.39, 0.29) is 23.9 Å². The van der Waals surface area contributed by atoms with Crippen LogP contribution < -0.4 is 11.1 Å². The van der Waals surface area contributed by atoms with E-state index < -0.39 is 23.4 Å². The zero-order valence-electron chi connectivity index (χ0n) is 9.65. The fourth-order valence-electron chi connectivity index (χ4n) is 1.15. The molecule has 19 heavy (non-hydrogen) atoms. The van der Waals surface area contributed by atoms with Crippen molar-refractivity contribution < 1.29 is 23.1 Å². The zero-order valence-corrected chi connectivity index (χ0v) is 10.5. The SMILES string of the molecule is CN=C(N)NC(=O)c1ccc(O)c(C(F)(F)F)c1.Cl. The molecule has 5 nitrogen and oxygen atoms in total. The van der Waals surface area contributed by atoms with Crippen LogP contribution in [0.1, 0.15) is 15.9 Å². The maximum atomic E-state index is 12.5. The van der Waals surface area contributed by atoms with Crippen LogP contribution in [-0.2, 0) is 6.18 Å². The number of carbonyl (C=O) groups is 1. The first-order valence-electron chi connectivity index (χ1n) is 4.69. The van der Waals surface area contributed by atoms with Gasteiger partial charge in [0, 0.05) is 12.6 Å². The Morgan fingerprint density at radius 2 is 2.00 bits per heavy atom.